The Morgan fingerprint density at radius 3 is 2.71 bits per heavy atom. The molecular weight excluding hydrogens is 182 g/mol. The normalized spacial score (nSPS) is 30.1. The first-order valence-corrected chi connectivity index (χ1v) is 5.07. The Bertz CT molecular complexity index is 206. The third kappa shape index (κ3) is 2.45. The number of methoxy groups -OCH3 is 1. The topological polar surface area (TPSA) is 49.8 Å². The van der Waals surface area contributed by atoms with Gasteiger partial charge in [-0.1, -0.05) is 0 Å². The van der Waals surface area contributed by atoms with Crippen molar-refractivity contribution in [1.29, 1.82) is 0 Å². The molecule has 1 aliphatic heterocycles. The molecule has 1 saturated heterocycles. The highest BCUT2D eigenvalue weighted by Crippen LogP contribution is 2.19. The Kier molecular flexibility index (Phi) is 3.89. The lowest BCUT2D eigenvalue weighted by Crippen LogP contribution is -2.49. The van der Waals surface area contributed by atoms with Crippen molar-refractivity contribution < 1.29 is 14.6 Å². The van der Waals surface area contributed by atoms with Gasteiger partial charge in [-0.15, -0.1) is 0 Å². The van der Waals surface area contributed by atoms with E-state index in [1.165, 1.54) is 6.92 Å². The average molecular weight is 201 g/mol. The van der Waals surface area contributed by atoms with Gasteiger partial charge in [-0.3, -0.25) is 4.79 Å². The molecule has 0 bridgehead atoms. The maximum atomic E-state index is 11.5. The Hall–Kier alpha value is -0.610. The number of hydrogen-bond donors (Lipinski definition) is 1. The van der Waals surface area contributed by atoms with E-state index in [1.807, 2.05) is 6.92 Å². The highest BCUT2D eigenvalue weighted by molar-refractivity contribution is 5.80. The lowest BCUT2D eigenvalue weighted by Gasteiger charge is -2.37. The van der Waals surface area contributed by atoms with Crippen LogP contribution in [0.5, 0.6) is 0 Å². The van der Waals surface area contributed by atoms with E-state index in [0.29, 0.717) is 6.54 Å². The van der Waals surface area contributed by atoms with Crippen molar-refractivity contribution in [3.05, 3.63) is 0 Å². The SMILES string of the molecule is CO[C@H]1CCN(C(=O)[C@H](C)O)[C@@H](C)C1. The molecular formula is C10H19NO3. The van der Waals surface area contributed by atoms with Gasteiger partial charge in [-0.05, 0) is 26.7 Å². The number of ether oxygens (including phenoxy) is 1. The van der Waals surface area contributed by atoms with Crippen LogP contribution in [0, 0.1) is 0 Å². The van der Waals surface area contributed by atoms with E-state index >= 15 is 0 Å². The summed E-state index contributed by atoms with van der Waals surface area (Å²) in [6, 6.07) is 0.163. The summed E-state index contributed by atoms with van der Waals surface area (Å²) >= 11 is 0. The number of piperidine rings is 1. The van der Waals surface area contributed by atoms with Gasteiger partial charge in [0.25, 0.3) is 5.91 Å². The predicted octanol–water partition coefficient (Wildman–Crippen LogP) is 0.393. The summed E-state index contributed by atoms with van der Waals surface area (Å²) in [5.41, 5.74) is 0. The average Bonchev–Trinajstić information content (AvgIpc) is 2.16. The molecule has 1 amide bonds. The Labute approximate surface area is 84.8 Å². The van der Waals surface area contributed by atoms with Gasteiger partial charge in [0.15, 0.2) is 0 Å². The van der Waals surface area contributed by atoms with Crippen molar-refractivity contribution >= 4 is 5.91 Å². The first kappa shape index (κ1) is 11.5. The molecule has 3 atom stereocenters. The summed E-state index contributed by atoms with van der Waals surface area (Å²) in [6.07, 6.45) is 1.08. The van der Waals surface area contributed by atoms with Gasteiger partial charge in [0.2, 0.25) is 0 Å². The molecule has 0 spiro atoms. The van der Waals surface area contributed by atoms with Crippen LogP contribution in [0.2, 0.25) is 0 Å². The van der Waals surface area contributed by atoms with Crippen LogP contribution in [0.15, 0.2) is 0 Å². The Balaban J connectivity index is 2.53. The smallest absolute Gasteiger partial charge is 0.251 e. The molecule has 0 aliphatic carbocycles. The zero-order chi connectivity index (χ0) is 10.7. The summed E-state index contributed by atoms with van der Waals surface area (Å²) in [5.74, 6) is -0.174. The summed E-state index contributed by atoms with van der Waals surface area (Å²) < 4.78 is 5.25. The highest BCUT2D eigenvalue weighted by atomic mass is 16.5. The van der Waals surface area contributed by atoms with E-state index in [2.05, 4.69) is 0 Å². The van der Waals surface area contributed by atoms with Crippen LogP contribution in [0.25, 0.3) is 0 Å². The largest absolute Gasteiger partial charge is 0.384 e. The zero-order valence-electron chi connectivity index (χ0n) is 9.06. The van der Waals surface area contributed by atoms with Gasteiger partial charge < -0.3 is 14.7 Å². The molecule has 0 saturated carbocycles. The van der Waals surface area contributed by atoms with E-state index in [1.54, 1.807) is 12.0 Å². The monoisotopic (exact) mass is 201 g/mol. The fraction of sp³-hybridized carbons (Fsp3) is 0.900. The standard InChI is InChI=1S/C10H19NO3/c1-7-6-9(14-3)4-5-11(7)10(13)8(2)12/h7-9,12H,4-6H2,1-3H3/t7-,8-,9-/m0/s1. The van der Waals surface area contributed by atoms with Crippen molar-refractivity contribution in [2.45, 2.75) is 44.9 Å². The molecule has 0 aromatic carbocycles. The number of aliphatic hydroxyl groups excluding tert-OH is 1. The predicted molar refractivity (Wildman–Crippen MR) is 52.9 cm³/mol. The molecule has 0 radical (unpaired) electrons. The van der Waals surface area contributed by atoms with Gasteiger partial charge in [0.1, 0.15) is 6.10 Å². The Morgan fingerprint density at radius 1 is 1.64 bits per heavy atom. The second-order valence-corrected chi connectivity index (χ2v) is 3.94. The summed E-state index contributed by atoms with van der Waals surface area (Å²) in [5, 5.41) is 9.19. The number of amides is 1. The van der Waals surface area contributed by atoms with Crippen LogP contribution in [0.3, 0.4) is 0 Å². The fourth-order valence-corrected chi connectivity index (χ4v) is 1.91. The second-order valence-electron chi connectivity index (χ2n) is 3.94. The zero-order valence-corrected chi connectivity index (χ0v) is 9.06. The van der Waals surface area contributed by atoms with Crippen LogP contribution in [-0.2, 0) is 9.53 Å². The minimum atomic E-state index is -0.892. The minimum Gasteiger partial charge on any atom is -0.384 e. The van der Waals surface area contributed by atoms with Gasteiger partial charge in [0, 0.05) is 19.7 Å². The quantitative estimate of drug-likeness (QED) is 0.703. The molecule has 1 aliphatic rings. The molecule has 0 unspecified atom stereocenters. The molecule has 1 fully saturated rings. The molecule has 4 nitrogen and oxygen atoms in total. The molecule has 0 aromatic rings. The second kappa shape index (κ2) is 4.75. The van der Waals surface area contributed by atoms with Crippen LogP contribution in [0.4, 0.5) is 0 Å². The first-order valence-electron chi connectivity index (χ1n) is 5.07. The van der Waals surface area contributed by atoms with Crippen LogP contribution >= 0.6 is 0 Å². The van der Waals surface area contributed by atoms with E-state index < -0.39 is 6.10 Å². The van der Waals surface area contributed by atoms with Crippen LogP contribution < -0.4 is 0 Å². The van der Waals surface area contributed by atoms with E-state index in [-0.39, 0.29) is 18.1 Å². The number of aliphatic hydroxyl groups is 1. The lowest BCUT2D eigenvalue weighted by molar-refractivity contribution is -0.144. The molecule has 0 aromatic heterocycles. The lowest BCUT2D eigenvalue weighted by atomic mass is 10.00. The van der Waals surface area contributed by atoms with Gasteiger partial charge >= 0.3 is 0 Å². The summed E-state index contributed by atoms with van der Waals surface area (Å²) in [6.45, 7) is 4.19. The number of hydrogen-bond acceptors (Lipinski definition) is 3. The highest BCUT2D eigenvalue weighted by Gasteiger charge is 2.30. The van der Waals surface area contributed by atoms with Crippen molar-refractivity contribution in [1.82, 2.24) is 4.90 Å². The summed E-state index contributed by atoms with van der Waals surface area (Å²) in [4.78, 5) is 13.3. The van der Waals surface area contributed by atoms with Crippen molar-refractivity contribution in [2.24, 2.45) is 0 Å². The molecule has 1 N–H and O–H groups in total. The van der Waals surface area contributed by atoms with Crippen LogP contribution in [-0.4, -0.2) is 47.8 Å². The summed E-state index contributed by atoms with van der Waals surface area (Å²) in [7, 11) is 1.70. The van der Waals surface area contributed by atoms with Crippen molar-refractivity contribution in [3.63, 3.8) is 0 Å². The number of likely N-dealkylation sites (tertiary alicyclic amines) is 1. The van der Waals surface area contributed by atoms with Crippen molar-refractivity contribution in [2.75, 3.05) is 13.7 Å². The molecule has 1 heterocycles. The van der Waals surface area contributed by atoms with E-state index in [0.717, 1.165) is 12.8 Å². The van der Waals surface area contributed by atoms with Gasteiger partial charge in [0.05, 0.1) is 6.10 Å². The van der Waals surface area contributed by atoms with E-state index in [9.17, 15) is 9.90 Å². The number of carbonyl (C=O) groups is 1. The van der Waals surface area contributed by atoms with Gasteiger partial charge in [-0.2, -0.15) is 0 Å². The molecule has 14 heavy (non-hydrogen) atoms. The number of carbonyl (C=O) groups excluding carboxylic acids is 1. The third-order valence-electron chi connectivity index (χ3n) is 2.80. The van der Waals surface area contributed by atoms with Crippen LogP contribution in [0.1, 0.15) is 26.7 Å². The number of rotatable bonds is 2. The molecule has 1 rings (SSSR count). The molecule has 4 heteroatoms. The fourth-order valence-electron chi connectivity index (χ4n) is 1.91. The minimum absolute atomic E-state index is 0.163. The maximum Gasteiger partial charge on any atom is 0.251 e. The van der Waals surface area contributed by atoms with E-state index in [4.69, 9.17) is 4.74 Å². The third-order valence-corrected chi connectivity index (χ3v) is 2.80. The number of nitrogens with zero attached hydrogens (tertiary/aromatic N) is 1. The van der Waals surface area contributed by atoms with Gasteiger partial charge in [-0.25, -0.2) is 0 Å². The maximum absolute atomic E-state index is 11.5. The Morgan fingerprint density at radius 2 is 2.29 bits per heavy atom. The van der Waals surface area contributed by atoms with Crippen molar-refractivity contribution in [3.8, 4) is 0 Å². The first-order chi connectivity index (χ1) is 6.56. The molecule has 82 valence electrons.